The molecule has 0 aliphatic carbocycles. The van der Waals surface area contributed by atoms with Crippen LogP contribution in [0, 0.1) is 0 Å². The molecule has 0 radical (unpaired) electrons. The van der Waals surface area contributed by atoms with Crippen molar-refractivity contribution in [3.05, 3.63) is 73.8 Å². The minimum absolute atomic E-state index is 0.777. The van der Waals surface area contributed by atoms with Crippen LogP contribution >= 0.6 is 8.58 Å². The molecule has 15 heavy (non-hydrogen) atoms. The van der Waals surface area contributed by atoms with Crippen molar-refractivity contribution in [3.8, 4) is 0 Å². The van der Waals surface area contributed by atoms with Crippen LogP contribution in [0.5, 0.6) is 0 Å². The maximum Gasteiger partial charge on any atom is -0.0226 e. The molecule has 0 heterocycles. The first-order valence-corrected chi connectivity index (χ1v) is 5.82. The van der Waals surface area contributed by atoms with Crippen LogP contribution in [0.3, 0.4) is 0 Å². The first-order valence-electron chi connectivity index (χ1n) is 4.82. The number of benzene rings is 2. The summed E-state index contributed by atoms with van der Waals surface area (Å²) in [4.78, 5) is 0. The molecule has 0 unspecified atom stereocenters. The summed E-state index contributed by atoms with van der Waals surface area (Å²) in [7, 11) is 0.777. The van der Waals surface area contributed by atoms with Crippen molar-refractivity contribution >= 4 is 19.2 Å². The van der Waals surface area contributed by atoms with Crippen molar-refractivity contribution in [3.63, 3.8) is 0 Å². The lowest BCUT2D eigenvalue weighted by Gasteiger charge is -2.00. The normalized spacial score (nSPS) is 8.80. The molecule has 0 N–H and O–H groups in total. The minimum atomic E-state index is 0.777. The largest absolute Gasteiger partial charge is 0.106 e. The molecule has 0 atom stereocenters. The number of rotatable bonds is 2. The molecular weight excluding hydrogens is 199 g/mol. The van der Waals surface area contributed by atoms with E-state index in [-0.39, 0.29) is 0 Å². The third kappa shape index (κ3) is 4.10. The zero-order valence-electron chi connectivity index (χ0n) is 8.69. The lowest BCUT2D eigenvalue weighted by molar-refractivity contribution is 1.76. The zero-order valence-corrected chi connectivity index (χ0v) is 9.69. The summed E-state index contributed by atoms with van der Waals surface area (Å²) < 4.78 is 0. The van der Waals surface area contributed by atoms with E-state index in [1.807, 2.05) is 0 Å². The van der Waals surface area contributed by atoms with Gasteiger partial charge in [-0.1, -0.05) is 69.2 Å². The van der Waals surface area contributed by atoms with Gasteiger partial charge in [-0.15, -0.1) is 13.2 Å². The van der Waals surface area contributed by atoms with E-state index in [1.165, 1.54) is 10.6 Å². The Morgan fingerprint density at radius 2 is 0.933 bits per heavy atom. The Bertz CT molecular complexity index is 330. The molecule has 2 rings (SSSR count). The third-order valence-corrected chi connectivity index (χ3v) is 3.08. The molecule has 0 nitrogen and oxygen atoms in total. The molecular formula is C14H15P. The van der Waals surface area contributed by atoms with Crippen LogP contribution in [0.1, 0.15) is 0 Å². The van der Waals surface area contributed by atoms with E-state index in [2.05, 4.69) is 73.8 Å². The van der Waals surface area contributed by atoms with Crippen molar-refractivity contribution in [1.29, 1.82) is 0 Å². The summed E-state index contributed by atoms with van der Waals surface area (Å²) in [6.45, 7) is 6.00. The lowest BCUT2D eigenvalue weighted by Crippen LogP contribution is -2.01. The lowest BCUT2D eigenvalue weighted by atomic mass is 10.4. The van der Waals surface area contributed by atoms with E-state index in [0.29, 0.717) is 0 Å². The van der Waals surface area contributed by atoms with Crippen LogP contribution in [0.25, 0.3) is 0 Å². The van der Waals surface area contributed by atoms with E-state index in [1.54, 1.807) is 0 Å². The topological polar surface area (TPSA) is 0 Å². The average molecular weight is 214 g/mol. The van der Waals surface area contributed by atoms with Gasteiger partial charge in [-0.25, -0.2) is 0 Å². The molecule has 0 aliphatic rings. The molecule has 0 saturated carbocycles. The van der Waals surface area contributed by atoms with Crippen LogP contribution in [-0.2, 0) is 0 Å². The monoisotopic (exact) mass is 214 g/mol. The highest BCUT2D eigenvalue weighted by molar-refractivity contribution is 7.55. The molecule has 0 spiro atoms. The van der Waals surface area contributed by atoms with Crippen molar-refractivity contribution in [2.45, 2.75) is 0 Å². The molecule has 0 aliphatic heterocycles. The Labute approximate surface area is 93.4 Å². The van der Waals surface area contributed by atoms with Crippen molar-refractivity contribution in [2.24, 2.45) is 0 Å². The Morgan fingerprint density at radius 3 is 1.27 bits per heavy atom. The first kappa shape index (κ1) is 11.7. The maximum atomic E-state index is 3.00. The van der Waals surface area contributed by atoms with E-state index >= 15 is 0 Å². The van der Waals surface area contributed by atoms with Gasteiger partial charge < -0.3 is 0 Å². The van der Waals surface area contributed by atoms with Crippen LogP contribution in [-0.4, -0.2) is 0 Å². The fraction of sp³-hybridized carbons (Fsp3) is 0. The standard InChI is InChI=1S/C12H11P.C2H4/c1-3-7-11(8-4-1)13-12-9-5-2-6-10-12;1-2/h1-10,13H;1-2H2. The summed E-state index contributed by atoms with van der Waals surface area (Å²) in [6.07, 6.45) is 0. The SMILES string of the molecule is C=C.c1ccc(Pc2ccccc2)cc1. The molecule has 0 aromatic heterocycles. The number of hydrogen-bond donors (Lipinski definition) is 0. The van der Waals surface area contributed by atoms with E-state index in [4.69, 9.17) is 0 Å². The molecule has 0 bridgehead atoms. The van der Waals surface area contributed by atoms with Gasteiger partial charge in [0.15, 0.2) is 0 Å². The van der Waals surface area contributed by atoms with Gasteiger partial charge in [-0.2, -0.15) is 0 Å². The highest BCUT2D eigenvalue weighted by atomic mass is 31.1. The Morgan fingerprint density at radius 1 is 0.600 bits per heavy atom. The van der Waals surface area contributed by atoms with Crippen molar-refractivity contribution in [2.75, 3.05) is 0 Å². The molecule has 2 aromatic carbocycles. The van der Waals surface area contributed by atoms with Gasteiger partial charge in [0.2, 0.25) is 0 Å². The second-order valence-corrected chi connectivity index (χ2v) is 4.26. The van der Waals surface area contributed by atoms with E-state index < -0.39 is 0 Å². The maximum absolute atomic E-state index is 3.00. The fourth-order valence-electron chi connectivity index (χ4n) is 1.21. The van der Waals surface area contributed by atoms with E-state index in [0.717, 1.165) is 8.58 Å². The van der Waals surface area contributed by atoms with Crippen LogP contribution in [0.15, 0.2) is 73.8 Å². The molecule has 76 valence electrons. The fourth-order valence-corrected chi connectivity index (χ4v) is 2.26. The van der Waals surface area contributed by atoms with Crippen LogP contribution < -0.4 is 10.6 Å². The molecule has 2 aromatic rings. The van der Waals surface area contributed by atoms with Crippen LogP contribution in [0.2, 0.25) is 0 Å². The van der Waals surface area contributed by atoms with Gasteiger partial charge in [0.05, 0.1) is 0 Å². The van der Waals surface area contributed by atoms with Crippen molar-refractivity contribution in [1.82, 2.24) is 0 Å². The van der Waals surface area contributed by atoms with Gasteiger partial charge in [0, 0.05) is 0 Å². The summed E-state index contributed by atoms with van der Waals surface area (Å²) in [5.74, 6) is 0. The van der Waals surface area contributed by atoms with E-state index in [9.17, 15) is 0 Å². The number of hydrogen-bond acceptors (Lipinski definition) is 0. The molecule has 1 heteroatoms. The summed E-state index contributed by atoms with van der Waals surface area (Å²) >= 11 is 0. The Hall–Kier alpha value is -1.39. The summed E-state index contributed by atoms with van der Waals surface area (Å²) in [6, 6.07) is 21.2. The average Bonchev–Trinajstić information content (AvgIpc) is 2.34. The summed E-state index contributed by atoms with van der Waals surface area (Å²) in [5.41, 5.74) is 0. The second kappa shape index (κ2) is 6.98. The van der Waals surface area contributed by atoms with Gasteiger partial charge in [-0.05, 0) is 10.6 Å². The molecule has 0 saturated heterocycles. The van der Waals surface area contributed by atoms with Gasteiger partial charge >= 0.3 is 0 Å². The molecule has 0 fully saturated rings. The van der Waals surface area contributed by atoms with Gasteiger partial charge in [-0.3, -0.25) is 0 Å². The highest BCUT2D eigenvalue weighted by Gasteiger charge is 1.92. The van der Waals surface area contributed by atoms with Gasteiger partial charge in [0.1, 0.15) is 0 Å². The van der Waals surface area contributed by atoms with Gasteiger partial charge in [0.25, 0.3) is 0 Å². The minimum Gasteiger partial charge on any atom is -0.106 e. The quantitative estimate of drug-likeness (QED) is 0.532. The first-order chi connectivity index (χ1) is 7.45. The smallest absolute Gasteiger partial charge is 0.0226 e. The Kier molecular flexibility index (Phi) is 5.43. The predicted molar refractivity (Wildman–Crippen MR) is 71.7 cm³/mol. The predicted octanol–water partition coefficient (Wildman–Crippen LogP) is 3.12. The highest BCUT2D eigenvalue weighted by Crippen LogP contribution is 2.08. The zero-order chi connectivity index (χ0) is 10.9. The van der Waals surface area contributed by atoms with Crippen molar-refractivity contribution < 1.29 is 0 Å². The second-order valence-electron chi connectivity index (χ2n) is 2.86. The molecule has 0 amide bonds. The Balaban J connectivity index is 0.000000531. The van der Waals surface area contributed by atoms with Crippen LogP contribution in [0.4, 0.5) is 0 Å². The third-order valence-electron chi connectivity index (χ3n) is 1.84. The summed E-state index contributed by atoms with van der Waals surface area (Å²) in [5, 5.41) is 2.79.